The number of imidazole rings is 1. The summed E-state index contributed by atoms with van der Waals surface area (Å²) in [5, 5.41) is 4.36. The molecule has 0 bridgehead atoms. The van der Waals surface area contributed by atoms with Crippen molar-refractivity contribution in [2.24, 2.45) is 0 Å². The van der Waals surface area contributed by atoms with Crippen molar-refractivity contribution in [1.29, 1.82) is 0 Å². The maximum atomic E-state index is 13.7. The summed E-state index contributed by atoms with van der Waals surface area (Å²) in [4.78, 5) is 18.5. The summed E-state index contributed by atoms with van der Waals surface area (Å²) in [6, 6.07) is 19.0. The van der Waals surface area contributed by atoms with Crippen molar-refractivity contribution in [2.75, 3.05) is 32.7 Å². The van der Waals surface area contributed by atoms with E-state index in [9.17, 15) is 4.79 Å². The average molecular weight is 520 g/mol. The van der Waals surface area contributed by atoms with Crippen molar-refractivity contribution < 1.29 is 0 Å². The summed E-state index contributed by atoms with van der Waals surface area (Å²) < 4.78 is 4.08. The van der Waals surface area contributed by atoms with Crippen LogP contribution in [0.5, 0.6) is 0 Å². The second-order valence-corrected chi connectivity index (χ2v) is 11.6. The molecule has 2 aliphatic heterocycles. The van der Waals surface area contributed by atoms with E-state index in [4.69, 9.17) is 12.2 Å². The Morgan fingerprint density at radius 3 is 2.24 bits per heavy atom. The van der Waals surface area contributed by atoms with E-state index in [-0.39, 0.29) is 17.3 Å². The first-order chi connectivity index (χ1) is 17.9. The van der Waals surface area contributed by atoms with E-state index in [1.165, 1.54) is 37.9 Å². The number of nitrogens with zero attached hydrogens (tertiary/aromatic N) is 4. The number of aryl methyl sites for hydroxylation is 1. The second kappa shape index (κ2) is 11.4. The Morgan fingerprint density at radius 1 is 0.892 bits per heavy atom. The predicted molar refractivity (Wildman–Crippen MR) is 156 cm³/mol. The van der Waals surface area contributed by atoms with E-state index in [0.29, 0.717) is 0 Å². The number of rotatable bonds is 7. The highest BCUT2D eigenvalue weighted by molar-refractivity contribution is 7.80. The normalized spacial score (nSPS) is 17.8. The van der Waals surface area contributed by atoms with E-state index in [1.54, 1.807) is 0 Å². The van der Waals surface area contributed by atoms with E-state index >= 15 is 0 Å². The molecule has 0 amide bonds. The van der Waals surface area contributed by atoms with Crippen molar-refractivity contribution in [3.05, 3.63) is 70.6 Å². The van der Waals surface area contributed by atoms with Gasteiger partial charge in [-0.2, -0.15) is 0 Å². The van der Waals surface area contributed by atoms with Crippen molar-refractivity contribution in [2.45, 2.75) is 70.5 Å². The SMILES string of the molecule is CC(C)(NC(=S)N1CCC(n2c(=O)n(CCCN3CCCCC3)c3ccccc32)CC1)c1ccccc1. The molecule has 3 aromatic rings. The zero-order valence-electron chi connectivity index (χ0n) is 22.4. The first-order valence-corrected chi connectivity index (χ1v) is 14.4. The number of likely N-dealkylation sites (tertiary alicyclic amines) is 2. The third-order valence-corrected chi connectivity index (χ3v) is 8.57. The van der Waals surface area contributed by atoms with Gasteiger partial charge in [0.05, 0.1) is 16.6 Å². The summed E-state index contributed by atoms with van der Waals surface area (Å²) in [5.41, 5.74) is 3.25. The zero-order chi connectivity index (χ0) is 25.8. The molecule has 0 radical (unpaired) electrons. The largest absolute Gasteiger partial charge is 0.354 e. The Kier molecular flexibility index (Phi) is 8.01. The number of para-hydroxylation sites is 2. The van der Waals surface area contributed by atoms with Gasteiger partial charge in [-0.05, 0) is 95.5 Å². The summed E-state index contributed by atoms with van der Waals surface area (Å²) in [6.07, 6.45) is 6.81. The highest BCUT2D eigenvalue weighted by Gasteiger charge is 2.29. The number of nitrogens with one attached hydrogen (secondary N) is 1. The Bertz CT molecular complexity index is 1250. The average Bonchev–Trinajstić information content (AvgIpc) is 3.20. The Hall–Kier alpha value is -2.64. The quantitative estimate of drug-likeness (QED) is 0.439. The van der Waals surface area contributed by atoms with Crippen molar-refractivity contribution in [3.8, 4) is 0 Å². The molecule has 2 aromatic carbocycles. The number of piperidine rings is 2. The lowest BCUT2D eigenvalue weighted by molar-refractivity contribution is 0.222. The number of fused-ring (bicyclic) bond motifs is 1. The highest BCUT2D eigenvalue weighted by Crippen LogP contribution is 2.27. The van der Waals surface area contributed by atoms with Crippen LogP contribution in [-0.4, -0.2) is 56.8 Å². The van der Waals surface area contributed by atoms with Crippen LogP contribution in [0, 0.1) is 0 Å². The molecule has 2 aliphatic rings. The molecule has 5 rings (SSSR count). The third kappa shape index (κ3) is 5.78. The van der Waals surface area contributed by atoms with Gasteiger partial charge in [0.1, 0.15) is 0 Å². The molecular formula is C30H41N5OS. The van der Waals surface area contributed by atoms with Crippen molar-refractivity contribution >= 4 is 28.4 Å². The van der Waals surface area contributed by atoms with Gasteiger partial charge in [0, 0.05) is 25.7 Å². The van der Waals surface area contributed by atoms with Gasteiger partial charge in [0.15, 0.2) is 5.11 Å². The predicted octanol–water partition coefficient (Wildman–Crippen LogP) is 5.13. The van der Waals surface area contributed by atoms with Crippen LogP contribution in [0.1, 0.15) is 64.0 Å². The first-order valence-electron chi connectivity index (χ1n) is 14.0. The summed E-state index contributed by atoms with van der Waals surface area (Å²) in [6.45, 7) is 10.3. The maximum Gasteiger partial charge on any atom is 0.329 e. The lowest BCUT2D eigenvalue weighted by Gasteiger charge is -2.38. The summed E-state index contributed by atoms with van der Waals surface area (Å²) >= 11 is 5.82. The molecule has 1 N–H and O–H groups in total. The Morgan fingerprint density at radius 2 is 1.54 bits per heavy atom. The van der Waals surface area contributed by atoms with Gasteiger partial charge in [-0.1, -0.05) is 48.9 Å². The van der Waals surface area contributed by atoms with Gasteiger partial charge in [0.25, 0.3) is 0 Å². The monoisotopic (exact) mass is 519 g/mol. The van der Waals surface area contributed by atoms with E-state index in [0.717, 1.165) is 61.6 Å². The lowest BCUT2D eigenvalue weighted by atomic mass is 9.94. The molecule has 2 fully saturated rings. The molecule has 3 heterocycles. The highest BCUT2D eigenvalue weighted by atomic mass is 32.1. The van der Waals surface area contributed by atoms with Gasteiger partial charge in [-0.3, -0.25) is 9.13 Å². The number of hydrogen-bond donors (Lipinski definition) is 1. The van der Waals surface area contributed by atoms with Crippen LogP contribution in [0.2, 0.25) is 0 Å². The minimum Gasteiger partial charge on any atom is -0.354 e. The molecule has 0 atom stereocenters. The number of thiocarbonyl (C=S) groups is 1. The van der Waals surface area contributed by atoms with Crippen LogP contribution >= 0.6 is 12.2 Å². The minimum absolute atomic E-state index is 0.143. The van der Waals surface area contributed by atoms with Gasteiger partial charge < -0.3 is 15.1 Å². The Labute approximate surface area is 226 Å². The number of aromatic nitrogens is 2. The fourth-order valence-corrected chi connectivity index (χ4v) is 6.47. The minimum atomic E-state index is -0.242. The van der Waals surface area contributed by atoms with Gasteiger partial charge in [0.2, 0.25) is 0 Å². The van der Waals surface area contributed by atoms with Crippen LogP contribution < -0.4 is 11.0 Å². The first kappa shape index (κ1) is 26.0. The van der Waals surface area contributed by atoms with Gasteiger partial charge in [-0.25, -0.2) is 4.79 Å². The zero-order valence-corrected chi connectivity index (χ0v) is 23.2. The van der Waals surface area contributed by atoms with Crippen molar-refractivity contribution in [3.63, 3.8) is 0 Å². The van der Waals surface area contributed by atoms with E-state index in [2.05, 4.69) is 82.1 Å². The van der Waals surface area contributed by atoms with Crippen LogP contribution in [0.3, 0.4) is 0 Å². The molecule has 7 heteroatoms. The molecule has 37 heavy (non-hydrogen) atoms. The van der Waals surface area contributed by atoms with Crippen molar-refractivity contribution in [1.82, 2.24) is 24.3 Å². The summed E-state index contributed by atoms with van der Waals surface area (Å²) in [7, 11) is 0. The van der Waals surface area contributed by atoms with E-state index < -0.39 is 0 Å². The number of hydrogen-bond acceptors (Lipinski definition) is 3. The van der Waals surface area contributed by atoms with Crippen LogP contribution in [0.15, 0.2) is 59.4 Å². The van der Waals surface area contributed by atoms with Crippen LogP contribution in [-0.2, 0) is 12.1 Å². The molecule has 6 nitrogen and oxygen atoms in total. The molecule has 0 unspecified atom stereocenters. The van der Waals surface area contributed by atoms with E-state index in [1.807, 2.05) is 10.6 Å². The molecule has 0 aliphatic carbocycles. The lowest BCUT2D eigenvalue weighted by Crippen LogP contribution is -2.51. The van der Waals surface area contributed by atoms with Gasteiger partial charge in [-0.15, -0.1) is 0 Å². The molecule has 0 spiro atoms. The third-order valence-electron chi connectivity index (χ3n) is 8.21. The van der Waals surface area contributed by atoms with Crippen LogP contribution in [0.25, 0.3) is 11.0 Å². The van der Waals surface area contributed by atoms with Crippen LogP contribution in [0.4, 0.5) is 0 Å². The number of benzene rings is 2. The summed E-state index contributed by atoms with van der Waals surface area (Å²) in [5.74, 6) is 0. The maximum absolute atomic E-state index is 13.7. The fraction of sp³-hybridized carbons (Fsp3) is 0.533. The molecule has 2 saturated heterocycles. The van der Waals surface area contributed by atoms with Gasteiger partial charge >= 0.3 is 5.69 Å². The Balaban J connectivity index is 1.24. The molecule has 0 saturated carbocycles. The molecule has 198 valence electrons. The molecule has 1 aromatic heterocycles. The molecular weight excluding hydrogens is 478 g/mol. The smallest absolute Gasteiger partial charge is 0.329 e. The fourth-order valence-electron chi connectivity index (χ4n) is 6.04. The second-order valence-electron chi connectivity index (χ2n) is 11.2. The topological polar surface area (TPSA) is 45.4 Å². The standard InChI is InChI=1S/C30H41N5OS/c1-30(2,24-12-5-3-6-13-24)31-28(37)33-22-16-25(17-23-33)35-27-15-8-7-14-26(27)34(29(35)36)21-11-20-32-18-9-4-10-19-32/h3,5-8,12-15,25H,4,9-11,16-23H2,1-2H3,(H,31,37).